The smallest absolute Gasteiger partial charge is 0.218 e. The Morgan fingerprint density at radius 3 is 3.12 bits per heavy atom. The largest absolute Gasteiger partial charge is 0.493 e. The van der Waals surface area contributed by atoms with Crippen LogP contribution < -0.4 is 9.47 Å². The van der Waals surface area contributed by atoms with Gasteiger partial charge in [-0.2, -0.15) is 0 Å². The van der Waals surface area contributed by atoms with Crippen molar-refractivity contribution < 1.29 is 14.2 Å². The van der Waals surface area contributed by atoms with Gasteiger partial charge >= 0.3 is 0 Å². The minimum Gasteiger partial charge on any atom is -0.493 e. The highest BCUT2D eigenvalue weighted by Gasteiger charge is 2.14. The van der Waals surface area contributed by atoms with Crippen LogP contribution in [0.15, 0.2) is 12.1 Å². The van der Waals surface area contributed by atoms with Crippen LogP contribution in [0.1, 0.15) is 12.8 Å². The third-order valence-electron chi connectivity index (χ3n) is 2.69. The molecule has 94 valence electrons. The number of hydrogen-bond acceptors (Lipinski definition) is 4. The van der Waals surface area contributed by atoms with Gasteiger partial charge in [0.2, 0.25) is 5.88 Å². The zero-order valence-electron chi connectivity index (χ0n) is 9.82. The second kappa shape index (κ2) is 6.07. The summed E-state index contributed by atoms with van der Waals surface area (Å²) in [5.74, 6) is 1.61. The lowest BCUT2D eigenvalue weighted by Crippen LogP contribution is -2.23. The normalized spacial score (nSPS) is 20.0. The van der Waals surface area contributed by atoms with Gasteiger partial charge in [0, 0.05) is 24.7 Å². The molecule has 5 heteroatoms. The SMILES string of the molecule is COc1cc(OCC2CCCOC2)cc(Cl)n1. The van der Waals surface area contributed by atoms with Crippen molar-refractivity contribution in [3.8, 4) is 11.6 Å². The highest BCUT2D eigenvalue weighted by Crippen LogP contribution is 2.23. The maximum absolute atomic E-state index is 5.85. The fraction of sp³-hybridized carbons (Fsp3) is 0.583. The molecule has 1 aromatic heterocycles. The van der Waals surface area contributed by atoms with E-state index < -0.39 is 0 Å². The minimum atomic E-state index is 0.374. The summed E-state index contributed by atoms with van der Waals surface area (Å²) in [6.07, 6.45) is 2.25. The first kappa shape index (κ1) is 12.5. The van der Waals surface area contributed by atoms with Gasteiger partial charge in [0.25, 0.3) is 0 Å². The number of ether oxygens (including phenoxy) is 3. The molecule has 4 nitrogen and oxygen atoms in total. The first-order chi connectivity index (χ1) is 8.28. The summed E-state index contributed by atoms with van der Waals surface area (Å²) in [5.41, 5.74) is 0. The Balaban J connectivity index is 1.91. The molecule has 1 aromatic rings. The number of rotatable bonds is 4. The van der Waals surface area contributed by atoms with Gasteiger partial charge < -0.3 is 14.2 Å². The summed E-state index contributed by atoms with van der Waals surface area (Å²) >= 11 is 5.85. The molecule has 1 aliphatic heterocycles. The Labute approximate surface area is 106 Å². The van der Waals surface area contributed by atoms with E-state index in [0.717, 1.165) is 26.1 Å². The van der Waals surface area contributed by atoms with Crippen LogP contribution in [0, 0.1) is 5.92 Å². The van der Waals surface area contributed by atoms with Crippen molar-refractivity contribution in [2.45, 2.75) is 12.8 Å². The molecule has 1 atom stereocenters. The van der Waals surface area contributed by atoms with Gasteiger partial charge in [-0.15, -0.1) is 0 Å². The molecule has 0 N–H and O–H groups in total. The predicted molar refractivity (Wildman–Crippen MR) is 64.8 cm³/mol. The highest BCUT2D eigenvalue weighted by atomic mass is 35.5. The standard InChI is InChI=1S/C12H16ClNO3/c1-15-12-6-10(5-11(13)14-12)17-8-9-3-2-4-16-7-9/h5-6,9H,2-4,7-8H2,1H3. The minimum absolute atomic E-state index is 0.374. The first-order valence-electron chi connectivity index (χ1n) is 5.70. The van der Waals surface area contributed by atoms with Crippen molar-refractivity contribution in [3.63, 3.8) is 0 Å². The lowest BCUT2D eigenvalue weighted by atomic mass is 10.0. The molecular weight excluding hydrogens is 242 g/mol. The Hall–Kier alpha value is -1.00. The monoisotopic (exact) mass is 257 g/mol. The van der Waals surface area contributed by atoms with E-state index in [2.05, 4.69) is 4.98 Å². The number of hydrogen-bond donors (Lipinski definition) is 0. The molecule has 0 aliphatic carbocycles. The van der Waals surface area contributed by atoms with Gasteiger partial charge in [0.15, 0.2) is 0 Å². The average molecular weight is 258 g/mol. The third-order valence-corrected chi connectivity index (χ3v) is 2.89. The van der Waals surface area contributed by atoms with Gasteiger partial charge in [-0.25, -0.2) is 4.98 Å². The maximum Gasteiger partial charge on any atom is 0.218 e. The second-order valence-corrected chi connectivity index (χ2v) is 4.45. The van der Waals surface area contributed by atoms with E-state index in [4.69, 9.17) is 25.8 Å². The van der Waals surface area contributed by atoms with Crippen molar-refractivity contribution in [3.05, 3.63) is 17.3 Å². The van der Waals surface area contributed by atoms with Gasteiger partial charge in [-0.1, -0.05) is 11.6 Å². The van der Waals surface area contributed by atoms with E-state index >= 15 is 0 Å². The summed E-state index contributed by atoms with van der Waals surface area (Å²) in [4.78, 5) is 3.99. The fourth-order valence-electron chi connectivity index (χ4n) is 1.79. The number of aromatic nitrogens is 1. The number of pyridine rings is 1. The molecule has 0 saturated carbocycles. The van der Waals surface area contributed by atoms with Crippen LogP contribution in [0.3, 0.4) is 0 Å². The molecule has 0 amide bonds. The van der Waals surface area contributed by atoms with Crippen LogP contribution in [0.25, 0.3) is 0 Å². The maximum atomic E-state index is 5.85. The van der Waals surface area contributed by atoms with E-state index in [0.29, 0.717) is 29.3 Å². The van der Waals surface area contributed by atoms with Gasteiger partial charge in [-0.05, 0) is 12.8 Å². The molecule has 0 aromatic carbocycles. The topological polar surface area (TPSA) is 40.6 Å². The Morgan fingerprint density at radius 1 is 1.53 bits per heavy atom. The molecule has 0 radical (unpaired) electrons. The van der Waals surface area contributed by atoms with Crippen LogP contribution >= 0.6 is 11.6 Å². The lowest BCUT2D eigenvalue weighted by molar-refractivity contribution is 0.0351. The van der Waals surface area contributed by atoms with Gasteiger partial charge in [0.1, 0.15) is 10.9 Å². The van der Waals surface area contributed by atoms with E-state index in [1.807, 2.05) is 0 Å². The van der Waals surface area contributed by atoms with Crippen molar-refractivity contribution >= 4 is 11.6 Å². The van der Waals surface area contributed by atoms with Gasteiger partial charge in [0.05, 0.1) is 20.3 Å². The molecule has 1 saturated heterocycles. The predicted octanol–water partition coefficient (Wildman–Crippen LogP) is 2.55. The summed E-state index contributed by atoms with van der Waals surface area (Å²) < 4.78 is 16.1. The second-order valence-electron chi connectivity index (χ2n) is 4.06. The Bertz CT molecular complexity index is 367. The van der Waals surface area contributed by atoms with Crippen molar-refractivity contribution in [1.82, 2.24) is 4.98 Å². The van der Waals surface area contributed by atoms with E-state index in [9.17, 15) is 0 Å². The summed E-state index contributed by atoms with van der Waals surface area (Å²) in [5, 5.41) is 0.374. The summed E-state index contributed by atoms with van der Waals surface area (Å²) in [6.45, 7) is 2.28. The lowest BCUT2D eigenvalue weighted by Gasteiger charge is -2.22. The Kier molecular flexibility index (Phi) is 4.45. The summed E-state index contributed by atoms with van der Waals surface area (Å²) in [6, 6.07) is 3.42. The summed E-state index contributed by atoms with van der Waals surface area (Å²) in [7, 11) is 1.55. The Morgan fingerprint density at radius 2 is 2.41 bits per heavy atom. The zero-order chi connectivity index (χ0) is 12.1. The number of methoxy groups -OCH3 is 1. The van der Waals surface area contributed by atoms with Crippen LogP contribution in [0.5, 0.6) is 11.6 Å². The molecule has 0 bridgehead atoms. The molecular formula is C12H16ClNO3. The van der Waals surface area contributed by atoms with Crippen molar-refractivity contribution in [2.75, 3.05) is 26.9 Å². The van der Waals surface area contributed by atoms with E-state index in [1.54, 1.807) is 19.2 Å². The molecule has 2 heterocycles. The van der Waals surface area contributed by atoms with Crippen LogP contribution in [-0.4, -0.2) is 31.9 Å². The molecule has 2 rings (SSSR count). The molecule has 1 aliphatic rings. The number of nitrogens with zero attached hydrogens (tertiary/aromatic N) is 1. The van der Waals surface area contributed by atoms with Crippen LogP contribution in [0.4, 0.5) is 0 Å². The van der Waals surface area contributed by atoms with Crippen molar-refractivity contribution in [2.24, 2.45) is 5.92 Å². The highest BCUT2D eigenvalue weighted by molar-refractivity contribution is 6.29. The first-order valence-corrected chi connectivity index (χ1v) is 6.08. The quantitative estimate of drug-likeness (QED) is 0.778. The van der Waals surface area contributed by atoms with E-state index in [1.165, 1.54) is 0 Å². The van der Waals surface area contributed by atoms with Crippen LogP contribution in [0.2, 0.25) is 5.15 Å². The van der Waals surface area contributed by atoms with Gasteiger partial charge in [-0.3, -0.25) is 0 Å². The molecule has 1 unspecified atom stereocenters. The molecule has 0 spiro atoms. The van der Waals surface area contributed by atoms with E-state index in [-0.39, 0.29) is 0 Å². The third kappa shape index (κ3) is 3.75. The number of halogens is 1. The van der Waals surface area contributed by atoms with Crippen molar-refractivity contribution in [1.29, 1.82) is 0 Å². The van der Waals surface area contributed by atoms with Crippen LogP contribution in [-0.2, 0) is 4.74 Å². The average Bonchev–Trinajstić information content (AvgIpc) is 2.37. The molecule has 1 fully saturated rings. The fourth-order valence-corrected chi connectivity index (χ4v) is 1.98. The zero-order valence-corrected chi connectivity index (χ0v) is 10.6. The molecule has 17 heavy (non-hydrogen) atoms.